The standard InChI is InChI=1S/C24H21N3O2/c1-3-27(18(2)28)23-14-12-22(13-15-23)26-24(29)20-8-6-7-19(17-20)10-11-21-9-4-5-16-25-21/h4-9,12-17H,3H2,1-2H3,(H,26,29). The fraction of sp³-hybridized carbons (Fsp3) is 0.125. The molecule has 0 aliphatic rings. The summed E-state index contributed by atoms with van der Waals surface area (Å²) in [4.78, 5) is 30.1. The molecular weight excluding hydrogens is 362 g/mol. The van der Waals surface area contributed by atoms with Crippen LogP contribution in [0.3, 0.4) is 0 Å². The molecule has 0 saturated carbocycles. The molecule has 0 unspecified atom stereocenters. The van der Waals surface area contributed by atoms with E-state index in [1.807, 2.05) is 43.3 Å². The quantitative estimate of drug-likeness (QED) is 0.690. The number of hydrogen-bond acceptors (Lipinski definition) is 3. The van der Waals surface area contributed by atoms with Crippen molar-refractivity contribution in [3.05, 3.63) is 89.7 Å². The van der Waals surface area contributed by atoms with E-state index in [2.05, 4.69) is 22.1 Å². The van der Waals surface area contributed by atoms with Crippen molar-refractivity contribution in [2.75, 3.05) is 16.8 Å². The normalized spacial score (nSPS) is 9.86. The molecule has 0 radical (unpaired) electrons. The van der Waals surface area contributed by atoms with Crippen LogP contribution in [-0.2, 0) is 4.79 Å². The maximum atomic E-state index is 12.6. The number of benzene rings is 2. The fourth-order valence-electron chi connectivity index (χ4n) is 2.83. The van der Waals surface area contributed by atoms with E-state index in [-0.39, 0.29) is 11.8 Å². The summed E-state index contributed by atoms with van der Waals surface area (Å²) in [5, 5.41) is 2.87. The Labute approximate surface area is 170 Å². The largest absolute Gasteiger partial charge is 0.322 e. The van der Waals surface area contributed by atoms with Gasteiger partial charge in [-0.15, -0.1) is 0 Å². The first-order valence-corrected chi connectivity index (χ1v) is 9.29. The SMILES string of the molecule is CCN(C(C)=O)c1ccc(NC(=O)c2cccc(C#Cc3ccccn3)c2)cc1. The monoisotopic (exact) mass is 383 g/mol. The molecule has 0 fully saturated rings. The first-order valence-electron chi connectivity index (χ1n) is 9.29. The van der Waals surface area contributed by atoms with Gasteiger partial charge in [-0.05, 0) is 67.4 Å². The second-order valence-electron chi connectivity index (χ2n) is 6.31. The van der Waals surface area contributed by atoms with Crippen molar-refractivity contribution in [1.29, 1.82) is 0 Å². The molecule has 0 bridgehead atoms. The first-order chi connectivity index (χ1) is 14.1. The molecule has 2 amide bonds. The highest BCUT2D eigenvalue weighted by Crippen LogP contribution is 2.19. The number of amides is 2. The summed E-state index contributed by atoms with van der Waals surface area (Å²) in [5.41, 5.74) is 3.38. The second kappa shape index (κ2) is 9.34. The highest BCUT2D eigenvalue weighted by molar-refractivity contribution is 6.04. The topological polar surface area (TPSA) is 62.3 Å². The minimum atomic E-state index is -0.224. The van der Waals surface area contributed by atoms with E-state index in [1.54, 1.807) is 41.4 Å². The number of carbonyl (C=O) groups is 2. The third-order valence-electron chi connectivity index (χ3n) is 4.26. The van der Waals surface area contributed by atoms with E-state index in [1.165, 1.54) is 6.92 Å². The van der Waals surface area contributed by atoms with E-state index in [0.29, 0.717) is 23.5 Å². The molecule has 29 heavy (non-hydrogen) atoms. The Kier molecular flexibility index (Phi) is 6.39. The molecule has 0 aliphatic heterocycles. The molecule has 1 N–H and O–H groups in total. The molecule has 0 aliphatic carbocycles. The minimum Gasteiger partial charge on any atom is -0.322 e. The lowest BCUT2D eigenvalue weighted by Crippen LogP contribution is -2.27. The van der Waals surface area contributed by atoms with Crippen LogP contribution in [0.25, 0.3) is 0 Å². The van der Waals surface area contributed by atoms with Gasteiger partial charge in [-0.25, -0.2) is 4.98 Å². The van der Waals surface area contributed by atoms with Gasteiger partial charge in [-0.1, -0.05) is 18.1 Å². The van der Waals surface area contributed by atoms with Crippen LogP contribution in [0.15, 0.2) is 72.9 Å². The smallest absolute Gasteiger partial charge is 0.255 e. The van der Waals surface area contributed by atoms with Gasteiger partial charge in [-0.3, -0.25) is 9.59 Å². The average Bonchev–Trinajstić information content (AvgIpc) is 2.74. The Morgan fingerprint density at radius 1 is 1.00 bits per heavy atom. The maximum Gasteiger partial charge on any atom is 0.255 e. The molecule has 5 heteroatoms. The van der Waals surface area contributed by atoms with Gasteiger partial charge < -0.3 is 10.2 Å². The third kappa shape index (κ3) is 5.30. The van der Waals surface area contributed by atoms with Crippen LogP contribution >= 0.6 is 0 Å². The molecule has 3 rings (SSSR count). The van der Waals surface area contributed by atoms with Gasteiger partial charge in [0, 0.05) is 42.2 Å². The molecule has 3 aromatic rings. The van der Waals surface area contributed by atoms with E-state index >= 15 is 0 Å². The predicted molar refractivity (Wildman–Crippen MR) is 115 cm³/mol. The summed E-state index contributed by atoms with van der Waals surface area (Å²) in [6.45, 7) is 4.04. The lowest BCUT2D eigenvalue weighted by atomic mass is 10.1. The van der Waals surface area contributed by atoms with Gasteiger partial charge in [0.1, 0.15) is 5.69 Å². The van der Waals surface area contributed by atoms with Crippen molar-refractivity contribution < 1.29 is 9.59 Å². The van der Waals surface area contributed by atoms with Gasteiger partial charge in [0.05, 0.1) is 0 Å². The van der Waals surface area contributed by atoms with Crippen LogP contribution < -0.4 is 10.2 Å². The molecule has 2 aromatic carbocycles. The number of nitrogens with one attached hydrogen (secondary N) is 1. The number of carbonyl (C=O) groups excluding carboxylic acids is 2. The Bertz CT molecular complexity index is 1060. The van der Waals surface area contributed by atoms with E-state index in [0.717, 1.165) is 11.3 Å². The van der Waals surface area contributed by atoms with Gasteiger partial charge in [0.2, 0.25) is 5.91 Å². The Balaban J connectivity index is 1.71. The van der Waals surface area contributed by atoms with E-state index in [4.69, 9.17) is 0 Å². The van der Waals surface area contributed by atoms with Crippen molar-refractivity contribution in [2.45, 2.75) is 13.8 Å². The van der Waals surface area contributed by atoms with Crippen LogP contribution in [0.4, 0.5) is 11.4 Å². The van der Waals surface area contributed by atoms with Crippen molar-refractivity contribution in [3.8, 4) is 11.8 Å². The first kappa shape index (κ1) is 19.8. The maximum absolute atomic E-state index is 12.6. The van der Waals surface area contributed by atoms with Crippen LogP contribution in [0.5, 0.6) is 0 Å². The molecule has 5 nitrogen and oxygen atoms in total. The fourth-order valence-corrected chi connectivity index (χ4v) is 2.83. The van der Waals surface area contributed by atoms with Crippen molar-refractivity contribution in [1.82, 2.24) is 4.98 Å². The van der Waals surface area contributed by atoms with Gasteiger partial charge in [0.25, 0.3) is 5.91 Å². The molecule has 1 aromatic heterocycles. The van der Waals surface area contributed by atoms with E-state index < -0.39 is 0 Å². The minimum absolute atomic E-state index is 0.0205. The van der Waals surface area contributed by atoms with E-state index in [9.17, 15) is 9.59 Å². The van der Waals surface area contributed by atoms with Crippen LogP contribution in [0.2, 0.25) is 0 Å². The van der Waals surface area contributed by atoms with Crippen molar-refractivity contribution in [3.63, 3.8) is 0 Å². The zero-order valence-corrected chi connectivity index (χ0v) is 16.3. The summed E-state index contributed by atoms with van der Waals surface area (Å²) < 4.78 is 0. The predicted octanol–water partition coefficient (Wildman–Crippen LogP) is 4.11. The number of nitrogens with zero attached hydrogens (tertiary/aromatic N) is 2. The number of anilines is 2. The van der Waals surface area contributed by atoms with Crippen LogP contribution in [0, 0.1) is 11.8 Å². The van der Waals surface area contributed by atoms with Gasteiger partial charge >= 0.3 is 0 Å². The molecule has 144 valence electrons. The van der Waals surface area contributed by atoms with Crippen molar-refractivity contribution >= 4 is 23.2 Å². The Morgan fingerprint density at radius 2 is 1.79 bits per heavy atom. The second-order valence-corrected chi connectivity index (χ2v) is 6.31. The Morgan fingerprint density at radius 3 is 2.45 bits per heavy atom. The molecular formula is C24H21N3O2. The number of rotatable bonds is 4. The molecule has 0 spiro atoms. The van der Waals surface area contributed by atoms with Crippen molar-refractivity contribution in [2.24, 2.45) is 0 Å². The average molecular weight is 383 g/mol. The lowest BCUT2D eigenvalue weighted by molar-refractivity contribution is -0.116. The zero-order chi connectivity index (χ0) is 20.6. The number of pyridine rings is 1. The van der Waals surface area contributed by atoms with Crippen LogP contribution in [0.1, 0.15) is 35.5 Å². The molecule has 0 saturated heterocycles. The summed E-state index contributed by atoms with van der Waals surface area (Å²) in [5.74, 6) is 5.77. The van der Waals surface area contributed by atoms with Gasteiger partial charge in [0.15, 0.2) is 0 Å². The summed E-state index contributed by atoms with van der Waals surface area (Å²) in [7, 11) is 0. The number of aromatic nitrogens is 1. The Hall–Kier alpha value is -3.91. The third-order valence-corrected chi connectivity index (χ3v) is 4.26. The zero-order valence-electron chi connectivity index (χ0n) is 16.3. The lowest BCUT2D eigenvalue weighted by Gasteiger charge is -2.19. The highest BCUT2D eigenvalue weighted by Gasteiger charge is 2.10. The summed E-state index contributed by atoms with van der Waals surface area (Å²) in [6, 6.07) is 19.9. The number of hydrogen-bond donors (Lipinski definition) is 1. The van der Waals surface area contributed by atoms with Crippen LogP contribution in [-0.4, -0.2) is 23.3 Å². The highest BCUT2D eigenvalue weighted by atomic mass is 16.2. The molecule has 0 atom stereocenters. The summed E-state index contributed by atoms with van der Waals surface area (Å²) in [6.07, 6.45) is 1.69. The summed E-state index contributed by atoms with van der Waals surface area (Å²) >= 11 is 0. The molecule has 1 heterocycles. The van der Waals surface area contributed by atoms with Gasteiger partial charge in [-0.2, -0.15) is 0 Å².